The van der Waals surface area contributed by atoms with E-state index in [2.05, 4.69) is 6.92 Å². The van der Waals surface area contributed by atoms with Gasteiger partial charge in [0.05, 0.1) is 12.7 Å². The fourth-order valence-corrected chi connectivity index (χ4v) is 2.07. The summed E-state index contributed by atoms with van der Waals surface area (Å²) in [5.74, 6) is 1.83. The SMILES string of the molecule is CCc1ccc(Oc2cc(C)ccc2C(=N)N)c(OC)c1. The van der Waals surface area contributed by atoms with Crippen LogP contribution in [-0.4, -0.2) is 12.9 Å². The highest BCUT2D eigenvalue weighted by Crippen LogP contribution is 2.34. The number of ether oxygens (including phenoxy) is 2. The third kappa shape index (κ3) is 3.34. The van der Waals surface area contributed by atoms with Crippen molar-refractivity contribution in [3.05, 3.63) is 53.1 Å². The average molecular weight is 284 g/mol. The summed E-state index contributed by atoms with van der Waals surface area (Å²) in [5, 5.41) is 7.64. The number of aryl methyl sites for hydroxylation is 2. The maximum atomic E-state index is 7.64. The van der Waals surface area contributed by atoms with Gasteiger partial charge in [-0.25, -0.2) is 0 Å². The monoisotopic (exact) mass is 284 g/mol. The second-order valence-corrected chi connectivity index (χ2v) is 4.85. The Bertz CT molecular complexity index is 666. The number of nitrogens with two attached hydrogens (primary N) is 1. The van der Waals surface area contributed by atoms with E-state index in [1.807, 2.05) is 37.3 Å². The van der Waals surface area contributed by atoms with Gasteiger partial charge in [-0.05, 0) is 48.7 Å². The van der Waals surface area contributed by atoms with Crippen molar-refractivity contribution in [3.63, 3.8) is 0 Å². The second-order valence-electron chi connectivity index (χ2n) is 4.85. The molecular formula is C17H20N2O2. The Labute approximate surface area is 125 Å². The number of rotatable bonds is 5. The van der Waals surface area contributed by atoms with Crippen LogP contribution in [0.25, 0.3) is 0 Å². The summed E-state index contributed by atoms with van der Waals surface area (Å²) in [6.07, 6.45) is 0.930. The molecule has 2 aromatic rings. The second kappa shape index (κ2) is 6.31. The van der Waals surface area contributed by atoms with E-state index in [-0.39, 0.29) is 5.84 Å². The highest BCUT2D eigenvalue weighted by atomic mass is 16.5. The highest BCUT2D eigenvalue weighted by Gasteiger charge is 2.11. The average Bonchev–Trinajstić information content (AvgIpc) is 2.47. The molecule has 0 spiro atoms. The van der Waals surface area contributed by atoms with Crippen LogP contribution in [0.4, 0.5) is 0 Å². The lowest BCUT2D eigenvalue weighted by Crippen LogP contribution is -2.12. The van der Waals surface area contributed by atoms with Gasteiger partial charge in [-0.3, -0.25) is 5.41 Å². The number of benzene rings is 2. The molecule has 0 atom stereocenters. The van der Waals surface area contributed by atoms with Gasteiger partial charge in [-0.1, -0.05) is 19.1 Å². The standard InChI is InChI=1S/C17H20N2O2/c1-4-12-6-8-14(16(10-12)20-3)21-15-9-11(2)5-7-13(15)17(18)19/h5-10H,4H2,1-3H3,(H3,18,19). The molecule has 0 bridgehead atoms. The summed E-state index contributed by atoms with van der Waals surface area (Å²) in [4.78, 5) is 0. The van der Waals surface area contributed by atoms with Gasteiger partial charge in [0.15, 0.2) is 11.5 Å². The smallest absolute Gasteiger partial charge is 0.169 e. The molecule has 0 radical (unpaired) electrons. The largest absolute Gasteiger partial charge is 0.493 e. The lowest BCUT2D eigenvalue weighted by atomic mass is 10.1. The lowest BCUT2D eigenvalue weighted by molar-refractivity contribution is 0.378. The van der Waals surface area contributed by atoms with Gasteiger partial charge in [0.2, 0.25) is 0 Å². The summed E-state index contributed by atoms with van der Waals surface area (Å²) in [6.45, 7) is 4.05. The number of nitrogen functional groups attached to an aromatic ring is 1. The lowest BCUT2D eigenvalue weighted by Gasteiger charge is -2.14. The Morgan fingerprint density at radius 1 is 1.10 bits per heavy atom. The molecule has 0 aliphatic rings. The molecule has 0 aliphatic heterocycles. The van der Waals surface area contributed by atoms with Crippen LogP contribution in [0.3, 0.4) is 0 Å². The van der Waals surface area contributed by atoms with Crippen molar-refractivity contribution in [3.8, 4) is 17.2 Å². The first-order chi connectivity index (χ1) is 10.0. The normalized spacial score (nSPS) is 10.2. The zero-order chi connectivity index (χ0) is 15.4. The van der Waals surface area contributed by atoms with Crippen molar-refractivity contribution in [2.75, 3.05) is 7.11 Å². The topological polar surface area (TPSA) is 68.3 Å². The number of hydrogen-bond donors (Lipinski definition) is 2. The van der Waals surface area contributed by atoms with Crippen LogP contribution >= 0.6 is 0 Å². The maximum Gasteiger partial charge on any atom is 0.169 e. The fourth-order valence-electron chi connectivity index (χ4n) is 2.07. The molecule has 2 rings (SSSR count). The quantitative estimate of drug-likeness (QED) is 0.650. The molecule has 3 N–H and O–H groups in total. The van der Waals surface area contributed by atoms with E-state index >= 15 is 0 Å². The van der Waals surface area contributed by atoms with Crippen LogP contribution in [0, 0.1) is 12.3 Å². The zero-order valence-electron chi connectivity index (χ0n) is 12.6. The minimum absolute atomic E-state index is 0.0193. The van der Waals surface area contributed by atoms with Crippen LogP contribution in [0.1, 0.15) is 23.6 Å². The molecule has 21 heavy (non-hydrogen) atoms. The summed E-state index contributed by atoms with van der Waals surface area (Å²) in [5.41, 5.74) is 8.40. The van der Waals surface area contributed by atoms with Crippen LogP contribution in [0.2, 0.25) is 0 Å². The molecule has 0 aliphatic carbocycles. The van der Waals surface area contributed by atoms with Gasteiger partial charge >= 0.3 is 0 Å². The number of methoxy groups -OCH3 is 1. The molecule has 0 aromatic heterocycles. The van der Waals surface area contributed by atoms with Gasteiger partial charge in [0, 0.05) is 0 Å². The van der Waals surface area contributed by atoms with Crippen molar-refractivity contribution in [2.45, 2.75) is 20.3 Å². The van der Waals surface area contributed by atoms with Crippen molar-refractivity contribution in [1.29, 1.82) is 5.41 Å². The van der Waals surface area contributed by atoms with E-state index in [4.69, 9.17) is 20.6 Å². The van der Waals surface area contributed by atoms with Gasteiger partial charge < -0.3 is 15.2 Å². The van der Waals surface area contributed by atoms with Crippen molar-refractivity contribution in [1.82, 2.24) is 0 Å². The fraction of sp³-hybridized carbons (Fsp3) is 0.235. The first-order valence-corrected chi connectivity index (χ1v) is 6.85. The first-order valence-electron chi connectivity index (χ1n) is 6.85. The van der Waals surface area contributed by atoms with E-state index in [0.717, 1.165) is 12.0 Å². The van der Waals surface area contributed by atoms with Crippen LogP contribution in [-0.2, 0) is 6.42 Å². The van der Waals surface area contributed by atoms with E-state index in [1.54, 1.807) is 13.2 Å². The summed E-state index contributed by atoms with van der Waals surface area (Å²) >= 11 is 0. The number of amidine groups is 1. The number of nitrogens with one attached hydrogen (secondary N) is 1. The molecule has 0 amide bonds. The molecule has 110 valence electrons. The predicted molar refractivity (Wildman–Crippen MR) is 84.6 cm³/mol. The maximum absolute atomic E-state index is 7.64. The predicted octanol–water partition coefficient (Wildman–Crippen LogP) is 3.64. The highest BCUT2D eigenvalue weighted by molar-refractivity contribution is 5.97. The molecule has 4 heteroatoms. The summed E-state index contributed by atoms with van der Waals surface area (Å²) in [6, 6.07) is 11.4. The van der Waals surface area contributed by atoms with Crippen LogP contribution < -0.4 is 15.2 Å². The summed E-state index contributed by atoms with van der Waals surface area (Å²) in [7, 11) is 1.61. The Hall–Kier alpha value is -2.49. The Morgan fingerprint density at radius 3 is 2.48 bits per heavy atom. The summed E-state index contributed by atoms with van der Waals surface area (Å²) < 4.78 is 11.3. The molecule has 0 saturated heterocycles. The van der Waals surface area contributed by atoms with Gasteiger partial charge in [-0.2, -0.15) is 0 Å². The third-order valence-electron chi connectivity index (χ3n) is 3.28. The molecule has 0 fully saturated rings. The molecule has 0 heterocycles. The molecule has 4 nitrogen and oxygen atoms in total. The number of hydrogen-bond acceptors (Lipinski definition) is 3. The third-order valence-corrected chi connectivity index (χ3v) is 3.28. The van der Waals surface area contributed by atoms with Gasteiger partial charge in [-0.15, -0.1) is 0 Å². The Balaban J connectivity index is 2.42. The van der Waals surface area contributed by atoms with Gasteiger partial charge in [0.25, 0.3) is 0 Å². The first kappa shape index (κ1) is 14.9. The van der Waals surface area contributed by atoms with Crippen LogP contribution in [0.15, 0.2) is 36.4 Å². The van der Waals surface area contributed by atoms with Crippen molar-refractivity contribution in [2.24, 2.45) is 5.73 Å². The minimum atomic E-state index is -0.0193. The van der Waals surface area contributed by atoms with E-state index in [0.29, 0.717) is 22.8 Å². The minimum Gasteiger partial charge on any atom is -0.493 e. The van der Waals surface area contributed by atoms with Crippen molar-refractivity contribution >= 4 is 5.84 Å². The molecule has 0 unspecified atom stereocenters. The molecular weight excluding hydrogens is 264 g/mol. The zero-order valence-corrected chi connectivity index (χ0v) is 12.6. The van der Waals surface area contributed by atoms with E-state index < -0.39 is 0 Å². The van der Waals surface area contributed by atoms with Crippen LogP contribution in [0.5, 0.6) is 17.2 Å². The van der Waals surface area contributed by atoms with E-state index in [1.165, 1.54) is 5.56 Å². The molecule has 0 saturated carbocycles. The van der Waals surface area contributed by atoms with Crippen molar-refractivity contribution < 1.29 is 9.47 Å². The Morgan fingerprint density at radius 2 is 1.86 bits per heavy atom. The van der Waals surface area contributed by atoms with Gasteiger partial charge in [0.1, 0.15) is 11.6 Å². The Kier molecular flexibility index (Phi) is 4.48. The molecule has 2 aromatic carbocycles. The van der Waals surface area contributed by atoms with E-state index in [9.17, 15) is 0 Å².